The lowest BCUT2D eigenvalue weighted by atomic mass is 10.2. The number of carbonyl (C=O) groups excluding carboxylic acids is 1. The van der Waals surface area contributed by atoms with E-state index in [1.54, 1.807) is 6.07 Å². The summed E-state index contributed by atoms with van der Waals surface area (Å²) in [6, 6.07) is 7.37. The van der Waals surface area contributed by atoms with Crippen LogP contribution < -0.4 is 32.6 Å². The molecule has 1 aromatic carbocycles. The molecule has 1 atom stereocenters. The standard InChI is InChI=1S/C18H23N7O5/c1-10-5-3-4-6-12(10)30-9-11(26)8-25-14-15(24(2)18(29)22-16(14)28)21-17(25)20-7-13(27)23-19/h3-6,11,26H,7-9,19H2,1-2H3,(H,20,21)(H,23,27)(H,22,28,29)/t11-/m1/s1. The van der Waals surface area contributed by atoms with Crippen molar-refractivity contribution in [2.45, 2.75) is 19.6 Å². The minimum Gasteiger partial charge on any atom is -0.491 e. The number of carbonyl (C=O) groups is 1. The Morgan fingerprint density at radius 1 is 1.37 bits per heavy atom. The van der Waals surface area contributed by atoms with Gasteiger partial charge in [0.2, 0.25) is 5.95 Å². The average molecular weight is 417 g/mol. The minimum absolute atomic E-state index is 0.0447. The number of H-pyrrole nitrogens is 1. The lowest BCUT2D eigenvalue weighted by molar-refractivity contribution is -0.119. The Bertz CT molecular complexity index is 1180. The fourth-order valence-corrected chi connectivity index (χ4v) is 2.93. The molecule has 0 spiro atoms. The quantitative estimate of drug-likeness (QED) is 0.169. The number of aromatic amines is 1. The molecular weight excluding hydrogens is 394 g/mol. The summed E-state index contributed by atoms with van der Waals surface area (Å²) < 4.78 is 8.22. The number of hydrogen-bond acceptors (Lipinski definition) is 8. The van der Waals surface area contributed by atoms with Crippen molar-refractivity contribution in [1.82, 2.24) is 24.5 Å². The van der Waals surface area contributed by atoms with Crippen LogP contribution in [0.1, 0.15) is 5.56 Å². The number of hydrogen-bond donors (Lipinski definition) is 5. The average Bonchev–Trinajstić information content (AvgIpc) is 3.08. The molecule has 0 saturated carbocycles. The topological polar surface area (TPSA) is 169 Å². The maximum Gasteiger partial charge on any atom is 0.329 e. The first-order valence-corrected chi connectivity index (χ1v) is 9.11. The summed E-state index contributed by atoms with van der Waals surface area (Å²) in [5.41, 5.74) is 1.77. The van der Waals surface area contributed by atoms with E-state index in [0.717, 1.165) is 10.1 Å². The first-order valence-electron chi connectivity index (χ1n) is 9.11. The number of aliphatic hydroxyl groups excluding tert-OH is 1. The number of nitrogens with one attached hydrogen (secondary N) is 3. The zero-order valence-corrected chi connectivity index (χ0v) is 16.5. The van der Waals surface area contributed by atoms with Gasteiger partial charge in [0.05, 0.1) is 13.1 Å². The summed E-state index contributed by atoms with van der Waals surface area (Å²) in [5.74, 6) is 5.32. The fraction of sp³-hybridized carbons (Fsp3) is 0.333. The van der Waals surface area contributed by atoms with Crippen molar-refractivity contribution in [2.75, 3.05) is 18.5 Å². The Morgan fingerprint density at radius 2 is 2.10 bits per heavy atom. The van der Waals surface area contributed by atoms with Crippen molar-refractivity contribution >= 4 is 23.0 Å². The lowest BCUT2D eigenvalue weighted by Crippen LogP contribution is -2.35. The van der Waals surface area contributed by atoms with Crippen LogP contribution in [0.25, 0.3) is 11.2 Å². The summed E-state index contributed by atoms with van der Waals surface area (Å²) in [5, 5.41) is 13.3. The van der Waals surface area contributed by atoms with Crippen LogP contribution in [0.2, 0.25) is 0 Å². The summed E-state index contributed by atoms with van der Waals surface area (Å²) >= 11 is 0. The summed E-state index contributed by atoms with van der Waals surface area (Å²) in [6.45, 7) is 1.55. The summed E-state index contributed by atoms with van der Waals surface area (Å²) in [4.78, 5) is 42.2. The number of benzene rings is 1. The maximum absolute atomic E-state index is 12.4. The molecule has 160 valence electrons. The van der Waals surface area contributed by atoms with Crippen LogP contribution in [0.15, 0.2) is 33.9 Å². The predicted octanol–water partition coefficient (Wildman–Crippen LogP) is -1.43. The molecule has 0 bridgehead atoms. The van der Waals surface area contributed by atoms with Crippen LogP contribution in [0.4, 0.5) is 5.95 Å². The van der Waals surface area contributed by atoms with Gasteiger partial charge in [0.15, 0.2) is 11.2 Å². The van der Waals surface area contributed by atoms with Gasteiger partial charge in [-0.1, -0.05) is 18.2 Å². The number of ether oxygens (including phenoxy) is 1. The highest BCUT2D eigenvalue weighted by atomic mass is 16.5. The minimum atomic E-state index is -1.01. The molecule has 30 heavy (non-hydrogen) atoms. The smallest absolute Gasteiger partial charge is 0.329 e. The van der Waals surface area contributed by atoms with Crippen molar-refractivity contribution in [3.05, 3.63) is 50.7 Å². The SMILES string of the molecule is Cc1ccccc1OC[C@H](O)Cn1c(NCC(=O)NN)nc2c1c(=O)[nH]c(=O)n2C. The van der Waals surface area contributed by atoms with E-state index in [2.05, 4.69) is 15.3 Å². The number of hydrazine groups is 1. The van der Waals surface area contributed by atoms with E-state index in [4.69, 9.17) is 10.6 Å². The number of aromatic nitrogens is 4. The highest BCUT2D eigenvalue weighted by Crippen LogP contribution is 2.18. The third-order valence-electron chi connectivity index (χ3n) is 4.49. The zero-order chi connectivity index (χ0) is 21.8. The molecule has 2 heterocycles. The molecular formula is C18H23N7O5. The molecule has 1 amide bonds. The normalized spacial score (nSPS) is 12.0. The van der Waals surface area contributed by atoms with Gasteiger partial charge in [0.1, 0.15) is 18.5 Å². The van der Waals surface area contributed by atoms with E-state index < -0.39 is 23.3 Å². The fourth-order valence-electron chi connectivity index (χ4n) is 2.93. The van der Waals surface area contributed by atoms with Gasteiger partial charge in [-0.3, -0.25) is 24.6 Å². The maximum atomic E-state index is 12.4. The summed E-state index contributed by atoms with van der Waals surface area (Å²) in [7, 11) is 1.45. The first kappa shape index (κ1) is 21.1. The molecule has 0 aliphatic carbocycles. The second kappa shape index (κ2) is 8.80. The van der Waals surface area contributed by atoms with Gasteiger partial charge >= 0.3 is 5.69 Å². The van der Waals surface area contributed by atoms with E-state index in [0.29, 0.717) is 5.75 Å². The van der Waals surface area contributed by atoms with Crippen LogP contribution in [0.5, 0.6) is 5.75 Å². The van der Waals surface area contributed by atoms with Crippen molar-refractivity contribution in [1.29, 1.82) is 0 Å². The number of aliphatic hydroxyl groups is 1. The van der Waals surface area contributed by atoms with Gasteiger partial charge < -0.3 is 19.7 Å². The molecule has 2 aromatic heterocycles. The van der Waals surface area contributed by atoms with E-state index in [9.17, 15) is 19.5 Å². The van der Waals surface area contributed by atoms with Gasteiger partial charge in [0, 0.05) is 7.05 Å². The van der Waals surface area contributed by atoms with Crippen molar-refractivity contribution in [3.8, 4) is 5.75 Å². The molecule has 12 nitrogen and oxygen atoms in total. The number of aryl methyl sites for hydroxylation is 2. The Hall–Kier alpha value is -3.64. The number of anilines is 1. The molecule has 0 aliphatic rings. The largest absolute Gasteiger partial charge is 0.491 e. The first-order chi connectivity index (χ1) is 14.3. The van der Waals surface area contributed by atoms with Crippen LogP contribution in [-0.2, 0) is 18.4 Å². The highest BCUT2D eigenvalue weighted by Gasteiger charge is 2.20. The van der Waals surface area contributed by atoms with E-state index in [1.165, 1.54) is 11.6 Å². The zero-order valence-electron chi connectivity index (χ0n) is 16.5. The van der Waals surface area contributed by atoms with Gasteiger partial charge in [-0.25, -0.2) is 10.6 Å². The highest BCUT2D eigenvalue weighted by molar-refractivity contribution is 5.81. The van der Waals surface area contributed by atoms with Crippen LogP contribution in [0.3, 0.4) is 0 Å². The van der Waals surface area contributed by atoms with Gasteiger partial charge in [0.25, 0.3) is 11.5 Å². The van der Waals surface area contributed by atoms with Crippen molar-refractivity contribution in [2.24, 2.45) is 12.9 Å². The molecule has 0 aliphatic heterocycles. The third kappa shape index (κ3) is 4.34. The lowest BCUT2D eigenvalue weighted by Gasteiger charge is -2.16. The second-order valence-corrected chi connectivity index (χ2v) is 6.69. The van der Waals surface area contributed by atoms with Gasteiger partial charge in [-0.2, -0.15) is 4.98 Å². The molecule has 12 heteroatoms. The van der Waals surface area contributed by atoms with Gasteiger partial charge in [-0.15, -0.1) is 0 Å². The van der Waals surface area contributed by atoms with Crippen molar-refractivity contribution in [3.63, 3.8) is 0 Å². The Balaban J connectivity index is 1.90. The van der Waals surface area contributed by atoms with E-state index in [-0.39, 0.29) is 36.8 Å². The molecule has 3 aromatic rings. The van der Waals surface area contributed by atoms with Crippen LogP contribution in [-0.4, -0.2) is 49.4 Å². The molecule has 0 saturated heterocycles. The van der Waals surface area contributed by atoms with E-state index in [1.807, 2.05) is 30.5 Å². The van der Waals surface area contributed by atoms with Crippen LogP contribution >= 0.6 is 0 Å². The monoisotopic (exact) mass is 417 g/mol. The van der Waals surface area contributed by atoms with Crippen molar-refractivity contribution < 1.29 is 14.6 Å². The van der Waals surface area contributed by atoms with E-state index >= 15 is 0 Å². The molecule has 3 rings (SSSR count). The molecule has 0 radical (unpaired) electrons. The number of rotatable bonds is 8. The second-order valence-electron chi connectivity index (χ2n) is 6.69. The number of nitrogens with two attached hydrogens (primary N) is 1. The van der Waals surface area contributed by atoms with Gasteiger partial charge in [-0.05, 0) is 18.6 Å². The molecule has 0 unspecified atom stereocenters. The molecule has 0 fully saturated rings. The number of amides is 1. The Kier molecular flexibility index (Phi) is 6.18. The Labute approximate surface area is 170 Å². The van der Waals surface area contributed by atoms with Crippen LogP contribution in [0, 0.1) is 6.92 Å². The number of imidazole rings is 1. The molecule has 6 N–H and O–H groups in total. The third-order valence-corrected chi connectivity index (χ3v) is 4.49. The number of nitrogens with zero attached hydrogens (tertiary/aromatic N) is 3. The summed E-state index contributed by atoms with van der Waals surface area (Å²) in [6.07, 6.45) is -1.01. The Morgan fingerprint density at radius 3 is 2.80 bits per heavy atom. The number of fused-ring (bicyclic) bond motifs is 1. The predicted molar refractivity (Wildman–Crippen MR) is 109 cm³/mol. The number of para-hydroxylation sites is 1.